The molecular formula is C19H26FN3O. The highest BCUT2D eigenvalue weighted by molar-refractivity contribution is 5.75. The third-order valence-electron chi connectivity index (χ3n) is 5.06. The van der Waals surface area contributed by atoms with Gasteiger partial charge in [-0.05, 0) is 55.4 Å². The van der Waals surface area contributed by atoms with Crippen LogP contribution in [0.1, 0.15) is 37.7 Å². The number of halogens is 1. The number of amides is 1. The second kappa shape index (κ2) is 7.90. The normalized spacial score (nSPS) is 23.0. The summed E-state index contributed by atoms with van der Waals surface area (Å²) in [6.45, 7) is 2.24. The molecule has 1 saturated heterocycles. The quantitative estimate of drug-likeness (QED) is 0.870. The molecule has 0 radical (unpaired) electrons. The summed E-state index contributed by atoms with van der Waals surface area (Å²) in [7, 11) is 0. The van der Waals surface area contributed by atoms with E-state index in [0.717, 1.165) is 50.8 Å². The zero-order chi connectivity index (χ0) is 16.9. The summed E-state index contributed by atoms with van der Waals surface area (Å²) in [6, 6.07) is 7.83. The summed E-state index contributed by atoms with van der Waals surface area (Å²) in [6.07, 6.45) is 7.59. The van der Waals surface area contributed by atoms with Crippen LogP contribution in [0.2, 0.25) is 0 Å². The molecule has 1 aromatic carbocycles. The second-order valence-electron chi connectivity index (χ2n) is 6.89. The Labute approximate surface area is 142 Å². The Balaban J connectivity index is 1.45. The maximum Gasteiger partial charge on any atom is 0.231 e. The first-order chi connectivity index (χ1) is 11.6. The van der Waals surface area contributed by atoms with Crippen LogP contribution in [0.3, 0.4) is 0 Å². The smallest absolute Gasteiger partial charge is 0.231 e. The van der Waals surface area contributed by atoms with E-state index in [1.165, 1.54) is 17.7 Å². The number of nitrogens with zero attached hydrogens (tertiary/aromatic N) is 1. The molecule has 3 rings (SSSR count). The Hall–Kier alpha value is -1.72. The Kier molecular flexibility index (Phi) is 5.63. The van der Waals surface area contributed by atoms with Crippen LogP contribution in [0.5, 0.6) is 0 Å². The molecule has 1 atom stereocenters. The second-order valence-corrected chi connectivity index (χ2v) is 6.89. The lowest BCUT2D eigenvalue weighted by Crippen LogP contribution is -2.48. The van der Waals surface area contributed by atoms with E-state index in [1.54, 1.807) is 0 Å². The highest BCUT2D eigenvalue weighted by atomic mass is 19.1. The van der Waals surface area contributed by atoms with Gasteiger partial charge in [0.05, 0.1) is 6.54 Å². The number of nitrogens with two attached hydrogens (primary N) is 1. The molecule has 130 valence electrons. The van der Waals surface area contributed by atoms with Crippen LogP contribution in [-0.4, -0.2) is 42.5 Å². The highest BCUT2D eigenvalue weighted by Gasteiger charge is 2.23. The standard InChI is InChI=1S/C19H26FN3O/c20-16-5-1-14(2-6-16)15-3-7-17(8-4-15)22-18-9-11-23(12-10-18)13-19(21)24/h1-3,5-6,17-18,22H,4,7-13H2,(H2,21,24)/t17-/m0/s1. The first kappa shape index (κ1) is 17.1. The molecule has 1 aliphatic carbocycles. The van der Waals surface area contributed by atoms with Crippen LogP contribution in [0.15, 0.2) is 30.3 Å². The summed E-state index contributed by atoms with van der Waals surface area (Å²) >= 11 is 0. The van der Waals surface area contributed by atoms with Crippen molar-refractivity contribution in [1.29, 1.82) is 0 Å². The number of likely N-dealkylation sites (tertiary alicyclic amines) is 1. The number of allylic oxidation sites excluding steroid dienone is 1. The monoisotopic (exact) mass is 331 g/mol. The van der Waals surface area contributed by atoms with Gasteiger partial charge in [0.25, 0.3) is 0 Å². The fourth-order valence-corrected chi connectivity index (χ4v) is 3.72. The van der Waals surface area contributed by atoms with Crippen molar-refractivity contribution < 1.29 is 9.18 Å². The number of nitrogens with one attached hydrogen (secondary N) is 1. The van der Waals surface area contributed by atoms with E-state index in [4.69, 9.17) is 5.73 Å². The van der Waals surface area contributed by atoms with E-state index in [-0.39, 0.29) is 11.7 Å². The predicted octanol–water partition coefficient (Wildman–Crippen LogP) is 2.30. The van der Waals surface area contributed by atoms with Gasteiger partial charge >= 0.3 is 0 Å². The Morgan fingerprint density at radius 3 is 2.46 bits per heavy atom. The minimum Gasteiger partial charge on any atom is -0.369 e. The molecule has 0 aromatic heterocycles. The van der Waals surface area contributed by atoms with E-state index in [2.05, 4.69) is 16.3 Å². The minimum atomic E-state index is -0.243. The molecule has 1 fully saturated rings. The van der Waals surface area contributed by atoms with Crippen LogP contribution in [0.25, 0.3) is 5.57 Å². The van der Waals surface area contributed by atoms with Crippen LogP contribution in [-0.2, 0) is 4.79 Å². The van der Waals surface area contributed by atoms with Gasteiger partial charge in [-0.2, -0.15) is 0 Å². The third kappa shape index (κ3) is 4.65. The number of carbonyl (C=O) groups is 1. The summed E-state index contributed by atoms with van der Waals surface area (Å²) in [5, 5.41) is 3.77. The molecule has 1 heterocycles. The molecule has 2 aliphatic rings. The van der Waals surface area contributed by atoms with Crippen molar-refractivity contribution in [2.75, 3.05) is 19.6 Å². The van der Waals surface area contributed by atoms with Crippen LogP contribution >= 0.6 is 0 Å². The van der Waals surface area contributed by atoms with Crippen molar-refractivity contribution >= 4 is 11.5 Å². The molecule has 0 saturated carbocycles. The molecule has 0 bridgehead atoms. The van der Waals surface area contributed by atoms with Gasteiger partial charge in [-0.1, -0.05) is 18.2 Å². The molecular weight excluding hydrogens is 305 g/mol. The summed E-state index contributed by atoms with van der Waals surface area (Å²) in [5.41, 5.74) is 7.71. The van der Waals surface area contributed by atoms with Gasteiger partial charge in [0.2, 0.25) is 5.91 Å². The van der Waals surface area contributed by atoms with Gasteiger partial charge in [-0.15, -0.1) is 0 Å². The number of hydrogen-bond acceptors (Lipinski definition) is 3. The van der Waals surface area contributed by atoms with Crippen LogP contribution < -0.4 is 11.1 Å². The van der Waals surface area contributed by atoms with Gasteiger partial charge in [0.1, 0.15) is 5.82 Å². The third-order valence-corrected chi connectivity index (χ3v) is 5.06. The lowest BCUT2D eigenvalue weighted by Gasteiger charge is -2.35. The fourth-order valence-electron chi connectivity index (χ4n) is 3.72. The molecule has 1 amide bonds. The molecule has 1 aliphatic heterocycles. The molecule has 0 spiro atoms. The number of primary amides is 1. The largest absolute Gasteiger partial charge is 0.369 e. The SMILES string of the molecule is NC(=O)CN1CCC(N[C@H]2CC=C(c3ccc(F)cc3)CC2)CC1. The van der Waals surface area contributed by atoms with E-state index < -0.39 is 0 Å². The minimum absolute atomic E-state index is 0.183. The summed E-state index contributed by atoms with van der Waals surface area (Å²) in [5.74, 6) is -0.426. The Bertz CT molecular complexity index is 591. The fraction of sp³-hybridized carbons (Fsp3) is 0.526. The maximum absolute atomic E-state index is 13.0. The van der Waals surface area contributed by atoms with Gasteiger partial charge in [-0.3, -0.25) is 9.69 Å². The van der Waals surface area contributed by atoms with Crippen LogP contribution in [0, 0.1) is 5.82 Å². The molecule has 0 unspecified atom stereocenters. The molecule has 4 nitrogen and oxygen atoms in total. The molecule has 5 heteroatoms. The predicted molar refractivity (Wildman–Crippen MR) is 93.8 cm³/mol. The van der Waals surface area contributed by atoms with E-state index in [0.29, 0.717) is 18.6 Å². The van der Waals surface area contributed by atoms with Crippen LogP contribution in [0.4, 0.5) is 4.39 Å². The Morgan fingerprint density at radius 2 is 1.88 bits per heavy atom. The first-order valence-electron chi connectivity index (χ1n) is 8.82. The number of piperidine rings is 1. The Morgan fingerprint density at radius 1 is 1.17 bits per heavy atom. The lowest BCUT2D eigenvalue weighted by atomic mass is 9.90. The molecule has 1 aromatic rings. The zero-order valence-corrected chi connectivity index (χ0v) is 14.0. The summed E-state index contributed by atoms with van der Waals surface area (Å²) < 4.78 is 13.0. The average molecular weight is 331 g/mol. The first-order valence-corrected chi connectivity index (χ1v) is 8.82. The van der Waals surface area contributed by atoms with Crippen molar-refractivity contribution in [3.8, 4) is 0 Å². The number of rotatable bonds is 5. The average Bonchev–Trinajstić information content (AvgIpc) is 2.58. The molecule has 3 N–H and O–H groups in total. The van der Waals surface area contributed by atoms with Crippen molar-refractivity contribution in [3.05, 3.63) is 41.7 Å². The topological polar surface area (TPSA) is 58.4 Å². The number of hydrogen-bond donors (Lipinski definition) is 2. The van der Waals surface area contributed by atoms with Crippen molar-refractivity contribution in [2.24, 2.45) is 5.73 Å². The van der Waals surface area contributed by atoms with Gasteiger partial charge < -0.3 is 11.1 Å². The maximum atomic E-state index is 13.0. The molecule has 24 heavy (non-hydrogen) atoms. The van der Waals surface area contributed by atoms with Gasteiger partial charge in [0, 0.05) is 25.2 Å². The van der Waals surface area contributed by atoms with Crippen molar-refractivity contribution in [3.63, 3.8) is 0 Å². The van der Waals surface area contributed by atoms with Gasteiger partial charge in [0.15, 0.2) is 0 Å². The summed E-state index contributed by atoms with van der Waals surface area (Å²) in [4.78, 5) is 13.1. The van der Waals surface area contributed by atoms with Gasteiger partial charge in [-0.25, -0.2) is 4.39 Å². The lowest BCUT2D eigenvalue weighted by molar-refractivity contribution is -0.119. The van der Waals surface area contributed by atoms with Crippen molar-refractivity contribution in [1.82, 2.24) is 10.2 Å². The van der Waals surface area contributed by atoms with E-state index >= 15 is 0 Å². The van der Waals surface area contributed by atoms with E-state index in [9.17, 15) is 9.18 Å². The van der Waals surface area contributed by atoms with Crippen molar-refractivity contribution in [2.45, 2.75) is 44.2 Å². The zero-order valence-electron chi connectivity index (χ0n) is 14.0. The number of benzene rings is 1. The highest BCUT2D eigenvalue weighted by Crippen LogP contribution is 2.27. The number of carbonyl (C=O) groups excluding carboxylic acids is 1. The van der Waals surface area contributed by atoms with E-state index in [1.807, 2.05) is 12.1 Å².